The minimum atomic E-state index is -4.38. The highest BCUT2D eigenvalue weighted by atomic mass is 32.2. The van der Waals surface area contributed by atoms with Crippen molar-refractivity contribution >= 4 is 27.7 Å². The number of methoxy groups -OCH3 is 1. The molecule has 0 saturated heterocycles. The fourth-order valence-corrected chi connectivity index (χ4v) is 4.67. The number of halogens is 1. The molecule has 180 valence electrons. The van der Waals surface area contributed by atoms with Crippen LogP contribution in [0.15, 0.2) is 29.2 Å². The third-order valence-electron chi connectivity index (χ3n) is 5.06. The molecule has 0 radical (unpaired) electrons. The van der Waals surface area contributed by atoms with Crippen LogP contribution in [0.5, 0.6) is 0 Å². The average molecular weight is 483 g/mol. The lowest BCUT2D eigenvalue weighted by Gasteiger charge is -2.22. The van der Waals surface area contributed by atoms with E-state index in [-0.39, 0.29) is 11.3 Å². The molecule has 9 nitrogen and oxygen atoms in total. The van der Waals surface area contributed by atoms with Gasteiger partial charge in [0.2, 0.25) is 15.8 Å². The zero-order chi connectivity index (χ0) is 25.1. The van der Waals surface area contributed by atoms with Crippen LogP contribution in [0.2, 0.25) is 0 Å². The molecule has 0 spiro atoms. The van der Waals surface area contributed by atoms with E-state index < -0.39 is 56.5 Å². The van der Waals surface area contributed by atoms with Gasteiger partial charge in [0.05, 0.1) is 18.4 Å². The highest BCUT2D eigenvalue weighted by Gasteiger charge is 2.34. The molecule has 0 amide bonds. The van der Waals surface area contributed by atoms with Crippen molar-refractivity contribution in [1.82, 2.24) is 9.71 Å². The number of benzene rings is 1. The number of nitrogens with one attached hydrogen (secondary N) is 2. The Morgan fingerprint density at radius 2 is 1.70 bits per heavy atom. The van der Waals surface area contributed by atoms with Crippen LogP contribution in [0.1, 0.15) is 52.9 Å². The van der Waals surface area contributed by atoms with E-state index in [0.29, 0.717) is 11.3 Å². The van der Waals surface area contributed by atoms with E-state index in [1.807, 2.05) is 0 Å². The summed E-state index contributed by atoms with van der Waals surface area (Å²) in [5.74, 6) is -3.77. The van der Waals surface area contributed by atoms with E-state index in [1.54, 1.807) is 27.7 Å². The van der Waals surface area contributed by atoms with Crippen molar-refractivity contribution in [2.75, 3.05) is 7.11 Å². The number of ketones is 1. The summed E-state index contributed by atoms with van der Waals surface area (Å²) in [6.45, 7) is 7.62. The molecule has 0 bridgehead atoms. The Morgan fingerprint density at radius 1 is 1.09 bits per heavy atom. The second kappa shape index (κ2) is 10.3. The first kappa shape index (κ1) is 26.2. The monoisotopic (exact) mass is 482 g/mol. The lowest BCUT2D eigenvalue weighted by molar-refractivity contribution is -0.149. The van der Waals surface area contributed by atoms with Crippen molar-refractivity contribution in [3.63, 3.8) is 0 Å². The van der Waals surface area contributed by atoms with Crippen molar-refractivity contribution in [3.05, 3.63) is 52.6 Å². The minimum absolute atomic E-state index is 0.0706. The SMILES string of the molecule is COC(=O)c1c(C)[nH]c(C(=O)C(C)OC(=O)C(NS(=O)(=O)c2ccccc2F)C(C)C)c1C. The standard InChI is InChI=1S/C22H27FN2O7S/c1-11(2)18(25-33(29,30)16-10-8-7-9-15(16)23)22(28)32-14(5)20(26)19-12(3)17(13(4)24-19)21(27)31-6/h7-11,14,18,24-25H,1-6H3. The molecule has 2 atom stereocenters. The van der Waals surface area contributed by atoms with Crippen molar-refractivity contribution in [2.24, 2.45) is 5.92 Å². The average Bonchev–Trinajstić information content (AvgIpc) is 3.04. The number of sulfonamides is 1. The van der Waals surface area contributed by atoms with Crippen LogP contribution in [0.25, 0.3) is 0 Å². The number of carbonyl (C=O) groups excluding carboxylic acids is 3. The maximum Gasteiger partial charge on any atom is 0.339 e. The molecule has 11 heteroatoms. The molecule has 2 N–H and O–H groups in total. The zero-order valence-corrected chi connectivity index (χ0v) is 20.0. The first-order valence-electron chi connectivity index (χ1n) is 10.1. The molecule has 0 aliphatic rings. The number of ether oxygens (including phenoxy) is 2. The fraction of sp³-hybridized carbons (Fsp3) is 0.409. The van der Waals surface area contributed by atoms with Crippen molar-refractivity contribution in [1.29, 1.82) is 0 Å². The molecule has 1 aromatic heterocycles. The molecule has 0 saturated carbocycles. The van der Waals surface area contributed by atoms with Gasteiger partial charge in [-0.15, -0.1) is 0 Å². The number of hydrogen-bond donors (Lipinski definition) is 2. The largest absolute Gasteiger partial charge is 0.465 e. The molecule has 1 heterocycles. The first-order valence-corrected chi connectivity index (χ1v) is 11.6. The van der Waals surface area contributed by atoms with Gasteiger partial charge < -0.3 is 14.5 Å². The minimum Gasteiger partial charge on any atom is -0.465 e. The predicted octanol–water partition coefficient (Wildman–Crippen LogP) is 2.67. The predicted molar refractivity (Wildman–Crippen MR) is 117 cm³/mol. The van der Waals surface area contributed by atoms with Crippen LogP contribution in [0, 0.1) is 25.6 Å². The molecular weight excluding hydrogens is 455 g/mol. The van der Waals surface area contributed by atoms with E-state index in [4.69, 9.17) is 9.47 Å². The van der Waals surface area contributed by atoms with E-state index in [2.05, 4.69) is 9.71 Å². The maximum atomic E-state index is 14.0. The van der Waals surface area contributed by atoms with Crippen LogP contribution < -0.4 is 4.72 Å². The van der Waals surface area contributed by atoms with Crippen LogP contribution in [0.4, 0.5) is 4.39 Å². The second-order valence-electron chi connectivity index (χ2n) is 7.83. The normalized spacial score (nSPS) is 13.5. The number of H-pyrrole nitrogens is 1. The van der Waals surface area contributed by atoms with Gasteiger partial charge in [-0.3, -0.25) is 9.59 Å². The molecule has 0 fully saturated rings. The summed E-state index contributed by atoms with van der Waals surface area (Å²) in [5.41, 5.74) is 1.03. The van der Waals surface area contributed by atoms with Gasteiger partial charge in [-0.25, -0.2) is 17.6 Å². The third-order valence-corrected chi connectivity index (χ3v) is 6.54. The highest BCUT2D eigenvalue weighted by molar-refractivity contribution is 7.89. The number of hydrogen-bond acceptors (Lipinski definition) is 7. The van der Waals surface area contributed by atoms with Gasteiger partial charge in [0.25, 0.3) is 0 Å². The second-order valence-corrected chi connectivity index (χ2v) is 9.52. The first-order chi connectivity index (χ1) is 15.3. The van der Waals surface area contributed by atoms with Crippen LogP contribution in [0.3, 0.4) is 0 Å². The Hall–Kier alpha value is -3.05. The van der Waals surface area contributed by atoms with Gasteiger partial charge in [-0.1, -0.05) is 26.0 Å². The van der Waals surface area contributed by atoms with Gasteiger partial charge in [-0.2, -0.15) is 4.72 Å². The van der Waals surface area contributed by atoms with Crippen LogP contribution in [-0.4, -0.2) is 50.4 Å². The summed E-state index contributed by atoms with van der Waals surface area (Å²) in [7, 11) is -3.16. The van der Waals surface area contributed by atoms with Crippen LogP contribution in [-0.2, 0) is 24.3 Å². The maximum absolute atomic E-state index is 14.0. The van der Waals surface area contributed by atoms with E-state index in [0.717, 1.165) is 12.1 Å². The van der Waals surface area contributed by atoms with Gasteiger partial charge in [0, 0.05) is 5.69 Å². The number of aromatic amines is 1. The number of Topliss-reactive ketones (excluding diaryl/α,β-unsaturated/α-hetero) is 1. The van der Waals surface area contributed by atoms with Crippen LogP contribution >= 0.6 is 0 Å². The Kier molecular flexibility index (Phi) is 8.15. The third kappa shape index (κ3) is 5.66. The van der Waals surface area contributed by atoms with Crippen molar-refractivity contribution < 1.29 is 36.7 Å². The summed E-state index contributed by atoms with van der Waals surface area (Å²) in [6, 6.07) is 3.38. The van der Waals surface area contributed by atoms with Crippen molar-refractivity contribution in [2.45, 2.75) is 51.7 Å². The fourth-order valence-electron chi connectivity index (χ4n) is 3.26. The molecule has 1 aromatic carbocycles. The molecule has 2 rings (SSSR count). The summed E-state index contributed by atoms with van der Waals surface area (Å²) in [6.07, 6.45) is -1.29. The van der Waals surface area contributed by atoms with E-state index in [9.17, 15) is 27.2 Å². The lowest BCUT2D eigenvalue weighted by Crippen LogP contribution is -2.46. The topological polar surface area (TPSA) is 132 Å². The zero-order valence-electron chi connectivity index (χ0n) is 19.2. The molecule has 0 aliphatic carbocycles. The van der Waals surface area contributed by atoms with E-state index in [1.165, 1.54) is 26.2 Å². The number of aromatic nitrogens is 1. The highest BCUT2D eigenvalue weighted by Crippen LogP contribution is 2.22. The lowest BCUT2D eigenvalue weighted by atomic mass is 10.0. The Labute approximate surface area is 191 Å². The molecular formula is C22H27FN2O7S. The number of rotatable bonds is 9. The molecule has 2 aromatic rings. The quantitative estimate of drug-likeness (QED) is 0.415. The number of aryl methyl sites for hydroxylation is 1. The molecule has 33 heavy (non-hydrogen) atoms. The summed E-state index contributed by atoms with van der Waals surface area (Å²) >= 11 is 0. The Balaban J connectivity index is 2.23. The Morgan fingerprint density at radius 3 is 2.24 bits per heavy atom. The van der Waals surface area contributed by atoms with E-state index >= 15 is 0 Å². The Bertz CT molecular complexity index is 1170. The van der Waals surface area contributed by atoms with Crippen molar-refractivity contribution in [3.8, 4) is 0 Å². The smallest absolute Gasteiger partial charge is 0.339 e. The number of carbonyl (C=O) groups is 3. The van der Waals surface area contributed by atoms with Gasteiger partial charge in [-0.05, 0) is 44.4 Å². The molecule has 2 unspecified atom stereocenters. The summed E-state index contributed by atoms with van der Waals surface area (Å²) in [4.78, 5) is 39.8. The van der Waals surface area contributed by atoms with Gasteiger partial charge in [0.15, 0.2) is 6.10 Å². The van der Waals surface area contributed by atoms with Gasteiger partial charge >= 0.3 is 11.9 Å². The van der Waals surface area contributed by atoms with Gasteiger partial charge in [0.1, 0.15) is 16.8 Å². The summed E-state index contributed by atoms with van der Waals surface area (Å²) in [5, 5.41) is 0. The summed E-state index contributed by atoms with van der Waals surface area (Å²) < 4.78 is 51.3. The molecule has 0 aliphatic heterocycles. The number of esters is 2.